The van der Waals surface area contributed by atoms with Gasteiger partial charge in [-0.25, -0.2) is 9.37 Å². The van der Waals surface area contributed by atoms with Crippen LogP contribution < -0.4 is 5.73 Å². The van der Waals surface area contributed by atoms with Crippen molar-refractivity contribution in [2.45, 2.75) is 0 Å². The molecule has 0 aliphatic rings. The summed E-state index contributed by atoms with van der Waals surface area (Å²) in [6.45, 7) is 0. The molecule has 19 heavy (non-hydrogen) atoms. The molecule has 0 spiro atoms. The molecular weight excluding hydrogens is 354 g/mol. The van der Waals surface area contributed by atoms with Crippen LogP contribution in [0.4, 0.5) is 10.1 Å². The lowest BCUT2D eigenvalue weighted by Crippen LogP contribution is -1.98. The number of nitrogen functional groups attached to an aromatic ring is 1. The Hall–Kier alpha value is -1.69. The number of rotatable bonds is 1. The van der Waals surface area contributed by atoms with Gasteiger partial charge in [0, 0.05) is 10.9 Å². The molecule has 2 nitrogen and oxygen atoms in total. The Morgan fingerprint density at radius 3 is 2.42 bits per heavy atom. The number of nitrogens with two attached hydrogens (primary N) is 1. The van der Waals surface area contributed by atoms with Crippen LogP contribution in [0.1, 0.15) is 0 Å². The highest BCUT2D eigenvalue weighted by Crippen LogP contribution is 2.32. The van der Waals surface area contributed by atoms with Crippen LogP contribution in [0.15, 0.2) is 48.5 Å². The first-order valence-electron chi connectivity index (χ1n) is 5.76. The number of nitrogens with zero attached hydrogens (tertiary/aromatic N) is 1. The summed E-state index contributed by atoms with van der Waals surface area (Å²) in [5.74, 6) is -0.257. The van der Waals surface area contributed by atoms with Crippen LogP contribution in [0.25, 0.3) is 22.2 Å². The summed E-state index contributed by atoms with van der Waals surface area (Å²) in [6, 6.07) is 14.0. The molecule has 0 atom stereocenters. The van der Waals surface area contributed by atoms with Crippen LogP contribution in [-0.4, -0.2) is 4.98 Å². The molecule has 3 aromatic rings. The van der Waals surface area contributed by atoms with E-state index < -0.39 is 0 Å². The molecule has 0 radical (unpaired) electrons. The second kappa shape index (κ2) is 4.77. The van der Waals surface area contributed by atoms with E-state index in [-0.39, 0.29) is 5.82 Å². The van der Waals surface area contributed by atoms with Gasteiger partial charge in [0.1, 0.15) is 5.82 Å². The van der Waals surface area contributed by atoms with Gasteiger partial charge in [0.05, 0.1) is 20.5 Å². The molecule has 0 bridgehead atoms. The fourth-order valence-corrected chi connectivity index (χ4v) is 2.74. The number of hydrogen-bond acceptors (Lipinski definition) is 2. The van der Waals surface area contributed by atoms with Crippen LogP contribution in [0.2, 0.25) is 0 Å². The van der Waals surface area contributed by atoms with Gasteiger partial charge < -0.3 is 5.73 Å². The number of halogens is 2. The number of hydrogen-bond donors (Lipinski definition) is 1. The molecule has 0 amide bonds. The highest BCUT2D eigenvalue weighted by Gasteiger charge is 2.12. The molecular formula is C15H10FIN2. The smallest absolute Gasteiger partial charge is 0.123 e. The third-order valence-corrected chi connectivity index (χ3v) is 4.08. The zero-order valence-corrected chi connectivity index (χ0v) is 12.1. The number of pyridine rings is 1. The molecule has 0 saturated carbocycles. The summed E-state index contributed by atoms with van der Waals surface area (Å²) in [5, 5.41) is 0.942. The van der Waals surface area contributed by atoms with E-state index in [2.05, 4.69) is 27.6 Å². The summed E-state index contributed by atoms with van der Waals surface area (Å²) >= 11 is 2.18. The Balaban J connectivity index is 2.29. The fourth-order valence-electron chi connectivity index (χ4n) is 2.01. The van der Waals surface area contributed by atoms with Gasteiger partial charge in [0.2, 0.25) is 0 Å². The zero-order chi connectivity index (χ0) is 13.4. The Kier molecular flexibility index (Phi) is 3.10. The molecule has 2 aromatic carbocycles. The van der Waals surface area contributed by atoms with Crippen LogP contribution >= 0.6 is 22.6 Å². The van der Waals surface area contributed by atoms with Gasteiger partial charge in [0.25, 0.3) is 0 Å². The van der Waals surface area contributed by atoms with Gasteiger partial charge in [-0.2, -0.15) is 0 Å². The third kappa shape index (κ3) is 2.16. The van der Waals surface area contributed by atoms with Crippen LogP contribution in [0.3, 0.4) is 0 Å². The standard InChI is InChI=1S/C15H10FIN2/c16-10-7-5-9(6-8-10)15-13(17)14(18)11-3-1-2-4-12(11)19-15/h1-8H,(H2,18,19). The van der Waals surface area contributed by atoms with Crippen LogP contribution in [0, 0.1) is 9.39 Å². The Labute approximate surface area is 123 Å². The number of anilines is 1. The molecule has 2 N–H and O–H groups in total. The minimum absolute atomic E-state index is 0.257. The van der Waals surface area contributed by atoms with Crippen molar-refractivity contribution < 1.29 is 4.39 Å². The average Bonchev–Trinajstić information content (AvgIpc) is 2.44. The van der Waals surface area contributed by atoms with Gasteiger partial charge in [-0.1, -0.05) is 18.2 Å². The summed E-state index contributed by atoms with van der Waals surface area (Å²) < 4.78 is 13.9. The highest BCUT2D eigenvalue weighted by molar-refractivity contribution is 14.1. The van der Waals surface area contributed by atoms with E-state index in [0.29, 0.717) is 5.69 Å². The molecule has 0 saturated heterocycles. The second-order valence-corrected chi connectivity index (χ2v) is 5.29. The largest absolute Gasteiger partial charge is 0.397 e. The molecule has 0 aliphatic heterocycles. The second-order valence-electron chi connectivity index (χ2n) is 4.21. The van der Waals surface area contributed by atoms with E-state index in [9.17, 15) is 4.39 Å². The first-order chi connectivity index (χ1) is 9.16. The van der Waals surface area contributed by atoms with E-state index >= 15 is 0 Å². The van der Waals surface area contributed by atoms with Gasteiger partial charge in [-0.05, 0) is 52.9 Å². The van der Waals surface area contributed by atoms with E-state index in [4.69, 9.17) is 5.73 Å². The number of aromatic nitrogens is 1. The summed E-state index contributed by atoms with van der Waals surface area (Å²) in [6.07, 6.45) is 0. The molecule has 0 unspecified atom stereocenters. The summed E-state index contributed by atoms with van der Waals surface area (Å²) in [7, 11) is 0. The highest BCUT2D eigenvalue weighted by atomic mass is 127. The van der Waals surface area contributed by atoms with Gasteiger partial charge in [-0.3, -0.25) is 0 Å². The normalized spacial score (nSPS) is 10.8. The predicted molar refractivity (Wildman–Crippen MR) is 84.3 cm³/mol. The number of fused-ring (bicyclic) bond motifs is 1. The number of benzene rings is 2. The van der Waals surface area contributed by atoms with Gasteiger partial charge in [-0.15, -0.1) is 0 Å². The van der Waals surface area contributed by atoms with E-state index in [0.717, 1.165) is 25.7 Å². The van der Waals surface area contributed by atoms with Crippen molar-refractivity contribution >= 4 is 39.2 Å². The maximum atomic E-state index is 13.0. The maximum absolute atomic E-state index is 13.0. The Bertz CT molecular complexity index is 754. The van der Waals surface area contributed by atoms with Gasteiger partial charge in [0.15, 0.2) is 0 Å². The minimum atomic E-state index is -0.257. The molecule has 0 fully saturated rings. The quantitative estimate of drug-likeness (QED) is 0.657. The molecule has 94 valence electrons. The molecule has 3 rings (SSSR count). The van der Waals surface area contributed by atoms with Crippen LogP contribution in [0.5, 0.6) is 0 Å². The van der Waals surface area contributed by atoms with Gasteiger partial charge >= 0.3 is 0 Å². The zero-order valence-electron chi connectivity index (χ0n) is 9.90. The van der Waals surface area contributed by atoms with Crippen molar-refractivity contribution in [2.24, 2.45) is 0 Å². The monoisotopic (exact) mass is 364 g/mol. The minimum Gasteiger partial charge on any atom is -0.397 e. The van der Waals surface area contributed by atoms with Crippen molar-refractivity contribution in [1.82, 2.24) is 4.98 Å². The molecule has 0 aliphatic carbocycles. The van der Waals surface area contributed by atoms with E-state index in [1.165, 1.54) is 12.1 Å². The SMILES string of the molecule is Nc1c(I)c(-c2ccc(F)cc2)nc2ccccc12. The van der Waals surface area contributed by atoms with Crippen molar-refractivity contribution in [2.75, 3.05) is 5.73 Å². The lowest BCUT2D eigenvalue weighted by molar-refractivity contribution is 0.628. The molecule has 1 heterocycles. The summed E-state index contributed by atoms with van der Waals surface area (Å²) in [5.41, 5.74) is 9.38. The summed E-state index contributed by atoms with van der Waals surface area (Å²) in [4.78, 5) is 4.63. The lowest BCUT2D eigenvalue weighted by atomic mass is 10.1. The van der Waals surface area contributed by atoms with Crippen molar-refractivity contribution in [3.63, 3.8) is 0 Å². The topological polar surface area (TPSA) is 38.9 Å². The lowest BCUT2D eigenvalue weighted by Gasteiger charge is -2.10. The van der Waals surface area contributed by atoms with Crippen LogP contribution in [-0.2, 0) is 0 Å². The van der Waals surface area contributed by atoms with E-state index in [1.54, 1.807) is 12.1 Å². The molecule has 4 heteroatoms. The first kappa shape index (κ1) is 12.3. The number of para-hydroxylation sites is 1. The first-order valence-corrected chi connectivity index (χ1v) is 6.84. The van der Waals surface area contributed by atoms with Crippen molar-refractivity contribution in [3.8, 4) is 11.3 Å². The maximum Gasteiger partial charge on any atom is 0.123 e. The fraction of sp³-hybridized carbons (Fsp3) is 0. The Morgan fingerprint density at radius 2 is 1.68 bits per heavy atom. The predicted octanol–water partition coefficient (Wildman–Crippen LogP) is 4.23. The Morgan fingerprint density at radius 1 is 1.00 bits per heavy atom. The average molecular weight is 364 g/mol. The van der Waals surface area contributed by atoms with Crippen molar-refractivity contribution in [1.29, 1.82) is 0 Å². The third-order valence-electron chi connectivity index (χ3n) is 2.99. The van der Waals surface area contributed by atoms with E-state index in [1.807, 2.05) is 24.3 Å². The molecule has 1 aromatic heterocycles. The van der Waals surface area contributed by atoms with Crippen molar-refractivity contribution in [3.05, 3.63) is 57.9 Å².